The Hall–Kier alpha value is -1.72. The van der Waals surface area contributed by atoms with Gasteiger partial charge in [-0.25, -0.2) is 4.79 Å². The number of fused-ring (bicyclic) bond motifs is 1. The zero-order valence-electron chi connectivity index (χ0n) is 11.5. The number of amides is 1. The van der Waals surface area contributed by atoms with Gasteiger partial charge in [0.2, 0.25) is 0 Å². The first kappa shape index (κ1) is 14.7. The molecule has 20 heavy (non-hydrogen) atoms. The normalized spacial score (nSPS) is 15.2. The second-order valence-corrected chi connectivity index (χ2v) is 5.72. The van der Waals surface area contributed by atoms with Crippen LogP contribution in [-0.4, -0.2) is 18.2 Å². The highest BCUT2D eigenvalue weighted by molar-refractivity contribution is 5.90. The van der Waals surface area contributed by atoms with Gasteiger partial charge in [-0.15, -0.1) is 0 Å². The minimum atomic E-state index is -4.37. The van der Waals surface area contributed by atoms with Crippen LogP contribution in [0.1, 0.15) is 31.9 Å². The van der Waals surface area contributed by atoms with Crippen LogP contribution in [0.25, 0.3) is 0 Å². The number of ether oxygens (including phenoxy) is 1. The number of alkyl halides is 3. The first-order valence-corrected chi connectivity index (χ1v) is 6.28. The monoisotopic (exact) mass is 287 g/mol. The predicted molar refractivity (Wildman–Crippen MR) is 68.7 cm³/mol. The van der Waals surface area contributed by atoms with E-state index in [-0.39, 0.29) is 0 Å². The van der Waals surface area contributed by atoms with Gasteiger partial charge in [0.25, 0.3) is 0 Å². The maximum Gasteiger partial charge on any atom is 0.416 e. The van der Waals surface area contributed by atoms with Crippen molar-refractivity contribution in [3.63, 3.8) is 0 Å². The van der Waals surface area contributed by atoms with E-state index in [2.05, 4.69) is 0 Å². The molecule has 0 unspecified atom stereocenters. The van der Waals surface area contributed by atoms with Gasteiger partial charge in [0.1, 0.15) is 5.60 Å². The molecule has 110 valence electrons. The van der Waals surface area contributed by atoms with Crippen LogP contribution >= 0.6 is 0 Å². The number of carbonyl (C=O) groups excluding carboxylic acids is 1. The van der Waals surface area contributed by atoms with Crippen molar-refractivity contribution in [2.75, 3.05) is 11.4 Å². The van der Waals surface area contributed by atoms with E-state index in [1.807, 2.05) is 0 Å². The standard InChI is InChI=1S/C14H16F3NO2/c1-13(2,3)20-12(19)18-7-6-9-8-10(14(15,16)17)4-5-11(9)18/h4-5,8H,6-7H2,1-3H3. The van der Waals surface area contributed by atoms with Gasteiger partial charge in [-0.05, 0) is 51.0 Å². The van der Waals surface area contributed by atoms with Crippen LogP contribution in [0.4, 0.5) is 23.7 Å². The SMILES string of the molecule is CC(C)(C)OC(=O)N1CCc2cc(C(F)(F)F)ccc21. The summed E-state index contributed by atoms with van der Waals surface area (Å²) >= 11 is 0. The molecule has 6 heteroatoms. The van der Waals surface area contributed by atoms with Gasteiger partial charge in [-0.1, -0.05) is 0 Å². The van der Waals surface area contributed by atoms with E-state index in [1.165, 1.54) is 11.0 Å². The molecule has 1 aromatic rings. The van der Waals surface area contributed by atoms with Crippen molar-refractivity contribution in [3.8, 4) is 0 Å². The zero-order valence-corrected chi connectivity index (χ0v) is 11.5. The summed E-state index contributed by atoms with van der Waals surface area (Å²) < 4.78 is 43.1. The molecule has 0 saturated carbocycles. The minimum Gasteiger partial charge on any atom is -0.443 e. The van der Waals surface area contributed by atoms with Gasteiger partial charge in [0.15, 0.2) is 0 Å². The van der Waals surface area contributed by atoms with Crippen molar-refractivity contribution in [1.29, 1.82) is 0 Å². The molecule has 0 fully saturated rings. The summed E-state index contributed by atoms with van der Waals surface area (Å²) in [5.41, 5.74) is -0.314. The molecule has 2 rings (SSSR count). The van der Waals surface area contributed by atoms with Crippen molar-refractivity contribution in [2.24, 2.45) is 0 Å². The van der Waals surface area contributed by atoms with Gasteiger partial charge < -0.3 is 4.74 Å². The average molecular weight is 287 g/mol. The largest absolute Gasteiger partial charge is 0.443 e. The second-order valence-electron chi connectivity index (χ2n) is 5.72. The van der Waals surface area contributed by atoms with E-state index in [9.17, 15) is 18.0 Å². The Morgan fingerprint density at radius 1 is 1.25 bits per heavy atom. The van der Waals surface area contributed by atoms with Crippen molar-refractivity contribution >= 4 is 11.8 Å². The summed E-state index contributed by atoms with van der Waals surface area (Å²) in [4.78, 5) is 13.4. The van der Waals surface area contributed by atoms with E-state index < -0.39 is 23.4 Å². The number of anilines is 1. The maximum absolute atomic E-state index is 12.6. The van der Waals surface area contributed by atoms with E-state index in [4.69, 9.17) is 4.74 Å². The first-order valence-electron chi connectivity index (χ1n) is 6.28. The van der Waals surface area contributed by atoms with E-state index in [0.29, 0.717) is 24.2 Å². The molecular weight excluding hydrogens is 271 g/mol. The van der Waals surface area contributed by atoms with Crippen LogP contribution in [0.3, 0.4) is 0 Å². The number of carbonyl (C=O) groups is 1. The lowest BCUT2D eigenvalue weighted by Gasteiger charge is -2.24. The fraction of sp³-hybridized carbons (Fsp3) is 0.500. The molecule has 1 heterocycles. The Kier molecular flexibility index (Phi) is 3.44. The number of hydrogen-bond donors (Lipinski definition) is 0. The number of benzene rings is 1. The molecule has 0 atom stereocenters. The molecule has 1 aliphatic rings. The summed E-state index contributed by atoms with van der Waals surface area (Å²) in [6, 6.07) is 3.41. The van der Waals surface area contributed by atoms with E-state index in [0.717, 1.165) is 12.1 Å². The van der Waals surface area contributed by atoms with E-state index >= 15 is 0 Å². The first-order chi connectivity index (χ1) is 9.08. The predicted octanol–water partition coefficient (Wildman–Crippen LogP) is 4.00. The van der Waals surface area contributed by atoms with Crippen LogP contribution in [-0.2, 0) is 17.3 Å². The Morgan fingerprint density at radius 2 is 1.90 bits per heavy atom. The molecule has 1 amide bonds. The van der Waals surface area contributed by atoms with Crippen LogP contribution in [0.5, 0.6) is 0 Å². The highest BCUT2D eigenvalue weighted by Gasteiger charge is 2.34. The number of hydrogen-bond acceptors (Lipinski definition) is 2. The number of rotatable bonds is 0. The summed E-state index contributed by atoms with van der Waals surface area (Å²) in [5.74, 6) is 0. The summed E-state index contributed by atoms with van der Waals surface area (Å²) in [6.07, 6.45) is -4.50. The molecule has 0 bridgehead atoms. The van der Waals surface area contributed by atoms with Crippen molar-refractivity contribution in [1.82, 2.24) is 0 Å². The summed E-state index contributed by atoms with van der Waals surface area (Å²) in [5, 5.41) is 0. The highest BCUT2D eigenvalue weighted by Crippen LogP contribution is 2.36. The third-order valence-corrected chi connectivity index (χ3v) is 2.92. The van der Waals surface area contributed by atoms with Gasteiger partial charge in [0, 0.05) is 6.54 Å². The van der Waals surface area contributed by atoms with Gasteiger partial charge in [-0.2, -0.15) is 13.2 Å². The lowest BCUT2D eigenvalue weighted by atomic mass is 10.1. The summed E-state index contributed by atoms with van der Waals surface area (Å²) in [6.45, 7) is 5.57. The lowest BCUT2D eigenvalue weighted by molar-refractivity contribution is -0.137. The molecule has 0 saturated heterocycles. The average Bonchev–Trinajstić information content (AvgIpc) is 2.67. The van der Waals surface area contributed by atoms with Crippen molar-refractivity contribution in [3.05, 3.63) is 29.3 Å². The van der Waals surface area contributed by atoms with E-state index in [1.54, 1.807) is 20.8 Å². The minimum absolute atomic E-state index is 0.339. The third kappa shape index (κ3) is 3.05. The fourth-order valence-electron chi connectivity index (χ4n) is 2.08. The van der Waals surface area contributed by atoms with Gasteiger partial charge in [-0.3, -0.25) is 4.90 Å². The highest BCUT2D eigenvalue weighted by atomic mass is 19.4. The molecular formula is C14H16F3NO2. The quantitative estimate of drug-likeness (QED) is 0.721. The van der Waals surface area contributed by atoms with Crippen LogP contribution in [0, 0.1) is 0 Å². The Balaban J connectivity index is 2.24. The Morgan fingerprint density at radius 3 is 2.45 bits per heavy atom. The van der Waals surface area contributed by atoms with Crippen molar-refractivity contribution in [2.45, 2.75) is 39.0 Å². The zero-order chi connectivity index (χ0) is 15.1. The molecule has 0 spiro atoms. The van der Waals surface area contributed by atoms with Gasteiger partial charge >= 0.3 is 12.3 Å². The molecule has 1 aromatic carbocycles. The topological polar surface area (TPSA) is 29.5 Å². The van der Waals surface area contributed by atoms with Gasteiger partial charge in [0.05, 0.1) is 11.3 Å². The molecule has 0 aliphatic carbocycles. The second kappa shape index (κ2) is 4.68. The van der Waals surface area contributed by atoms with Crippen LogP contribution in [0.15, 0.2) is 18.2 Å². The summed E-state index contributed by atoms with van der Waals surface area (Å²) in [7, 11) is 0. The molecule has 1 aliphatic heterocycles. The van der Waals surface area contributed by atoms with Crippen LogP contribution < -0.4 is 4.90 Å². The fourth-order valence-corrected chi connectivity index (χ4v) is 2.08. The molecule has 3 nitrogen and oxygen atoms in total. The third-order valence-electron chi connectivity index (χ3n) is 2.92. The molecule has 0 N–H and O–H groups in total. The van der Waals surface area contributed by atoms with Crippen molar-refractivity contribution < 1.29 is 22.7 Å². The molecule has 0 aromatic heterocycles. The smallest absolute Gasteiger partial charge is 0.416 e. The van der Waals surface area contributed by atoms with Crippen LogP contribution in [0.2, 0.25) is 0 Å². The maximum atomic E-state index is 12.6. The number of nitrogens with zero attached hydrogens (tertiary/aromatic N) is 1. The lowest BCUT2D eigenvalue weighted by Crippen LogP contribution is -2.35. The Bertz CT molecular complexity index is 532. The Labute approximate surface area is 115 Å². The number of halogens is 3. The molecule has 0 radical (unpaired) electrons.